The fourth-order valence-corrected chi connectivity index (χ4v) is 3.68. The first-order valence-electron chi connectivity index (χ1n) is 9.17. The third-order valence-corrected chi connectivity index (χ3v) is 5.08. The van der Waals surface area contributed by atoms with Crippen molar-refractivity contribution in [2.24, 2.45) is 5.92 Å². The quantitative estimate of drug-likeness (QED) is 0.774. The number of amides is 2. The van der Waals surface area contributed by atoms with E-state index in [9.17, 15) is 27.6 Å². The Morgan fingerprint density at radius 1 is 1.21 bits per heavy atom. The molecule has 1 aliphatic heterocycles. The van der Waals surface area contributed by atoms with E-state index in [0.717, 1.165) is 37.8 Å². The molecule has 0 radical (unpaired) electrons. The Bertz CT molecular complexity index is 760. The first kappa shape index (κ1) is 20.2. The average molecular weight is 398 g/mol. The van der Waals surface area contributed by atoms with Crippen LogP contribution in [0.1, 0.15) is 37.7 Å². The van der Waals surface area contributed by atoms with Gasteiger partial charge in [0.05, 0.1) is 11.5 Å². The minimum Gasteiger partial charge on any atom is -0.455 e. The molecule has 0 spiro atoms. The number of rotatable bonds is 5. The van der Waals surface area contributed by atoms with Crippen molar-refractivity contribution in [2.75, 3.05) is 18.5 Å². The molecule has 2 amide bonds. The van der Waals surface area contributed by atoms with Gasteiger partial charge in [0.25, 0.3) is 5.91 Å². The highest BCUT2D eigenvalue weighted by atomic mass is 19.4. The number of likely N-dealkylation sites (tertiary alicyclic amines) is 1. The lowest BCUT2D eigenvalue weighted by molar-refractivity contribution is -0.151. The van der Waals surface area contributed by atoms with E-state index in [0.29, 0.717) is 0 Å². The summed E-state index contributed by atoms with van der Waals surface area (Å²) in [6.45, 7) is -0.333. The van der Waals surface area contributed by atoms with Crippen molar-refractivity contribution in [1.82, 2.24) is 4.90 Å². The normalized spacial score (nSPS) is 20.5. The summed E-state index contributed by atoms with van der Waals surface area (Å²) in [5, 5.41) is 2.27. The third kappa shape index (κ3) is 4.82. The van der Waals surface area contributed by atoms with E-state index in [1.54, 1.807) is 4.90 Å². The van der Waals surface area contributed by atoms with Crippen LogP contribution in [0, 0.1) is 5.92 Å². The minimum atomic E-state index is -4.52. The molecular weight excluding hydrogens is 377 g/mol. The van der Waals surface area contributed by atoms with Crippen molar-refractivity contribution in [2.45, 2.75) is 44.3 Å². The summed E-state index contributed by atoms with van der Waals surface area (Å²) < 4.78 is 43.0. The summed E-state index contributed by atoms with van der Waals surface area (Å²) in [5.74, 6) is -2.09. The molecule has 1 saturated heterocycles. The van der Waals surface area contributed by atoms with Gasteiger partial charge in [0.2, 0.25) is 5.91 Å². The molecule has 2 fully saturated rings. The largest absolute Gasteiger partial charge is 0.455 e. The van der Waals surface area contributed by atoms with E-state index in [-0.39, 0.29) is 30.6 Å². The van der Waals surface area contributed by atoms with E-state index >= 15 is 0 Å². The van der Waals surface area contributed by atoms with Gasteiger partial charge in [-0.2, -0.15) is 13.2 Å². The molecule has 2 aliphatic rings. The Balaban J connectivity index is 1.48. The van der Waals surface area contributed by atoms with Gasteiger partial charge in [-0.3, -0.25) is 14.4 Å². The van der Waals surface area contributed by atoms with Gasteiger partial charge in [0, 0.05) is 24.7 Å². The van der Waals surface area contributed by atoms with Crippen molar-refractivity contribution >= 4 is 23.5 Å². The molecule has 0 unspecified atom stereocenters. The molecule has 1 aromatic carbocycles. The molecule has 6 nitrogen and oxygen atoms in total. The van der Waals surface area contributed by atoms with Gasteiger partial charge < -0.3 is 15.0 Å². The lowest BCUT2D eigenvalue weighted by Gasteiger charge is -2.23. The van der Waals surface area contributed by atoms with E-state index in [1.165, 1.54) is 12.1 Å². The van der Waals surface area contributed by atoms with E-state index in [2.05, 4.69) is 5.32 Å². The van der Waals surface area contributed by atoms with Crippen molar-refractivity contribution in [3.05, 3.63) is 29.8 Å². The fourth-order valence-electron chi connectivity index (χ4n) is 3.68. The SMILES string of the molecule is O=C(COC(=O)[C@@H]1CC(=O)N(C2CCCC2)C1)Nc1cccc(C(F)(F)F)c1. The first-order valence-corrected chi connectivity index (χ1v) is 9.17. The van der Waals surface area contributed by atoms with Crippen LogP contribution in [0.2, 0.25) is 0 Å². The van der Waals surface area contributed by atoms with Crippen LogP contribution in [0.4, 0.5) is 18.9 Å². The Morgan fingerprint density at radius 2 is 1.93 bits per heavy atom. The lowest BCUT2D eigenvalue weighted by Crippen LogP contribution is -2.35. The molecule has 0 bridgehead atoms. The highest BCUT2D eigenvalue weighted by molar-refractivity contribution is 5.93. The van der Waals surface area contributed by atoms with Crippen molar-refractivity contribution in [3.63, 3.8) is 0 Å². The molecular formula is C19H21F3N2O4. The number of hydrogen-bond acceptors (Lipinski definition) is 4. The summed E-state index contributed by atoms with van der Waals surface area (Å²) in [5.41, 5.74) is -0.932. The van der Waals surface area contributed by atoms with Gasteiger partial charge in [0.15, 0.2) is 6.61 Å². The van der Waals surface area contributed by atoms with Gasteiger partial charge in [-0.05, 0) is 31.0 Å². The molecule has 28 heavy (non-hydrogen) atoms. The lowest BCUT2D eigenvalue weighted by atomic mass is 10.1. The van der Waals surface area contributed by atoms with Crippen LogP contribution < -0.4 is 5.32 Å². The number of carbonyl (C=O) groups excluding carboxylic acids is 3. The third-order valence-electron chi connectivity index (χ3n) is 5.08. The minimum absolute atomic E-state index is 0.0423. The summed E-state index contributed by atoms with van der Waals surface area (Å²) in [4.78, 5) is 37.9. The summed E-state index contributed by atoms with van der Waals surface area (Å²) >= 11 is 0. The van der Waals surface area contributed by atoms with Crippen LogP contribution in [0.3, 0.4) is 0 Å². The zero-order valence-electron chi connectivity index (χ0n) is 15.1. The topological polar surface area (TPSA) is 75.7 Å². The maximum absolute atomic E-state index is 12.7. The van der Waals surface area contributed by atoms with Crippen LogP contribution in [0.5, 0.6) is 0 Å². The zero-order chi connectivity index (χ0) is 20.3. The smallest absolute Gasteiger partial charge is 0.416 e. The molecule has 152 valence electrons. The summed E-state index contributed by atoms with van der Waals surface area (Å²) in [6.07, 6.45) is -0.448. The number of alkyl halides is 3. The van der Waals surface area contributed by atoms with Gasteiger partial charge in [-0.25, -0.2) is 0 Å². The number of hydrogen-bond donors (Lipinski definition) is 1. The molecule has 1 N–H and O–H groups in total. The summed E-state index contributed by atoms with van der Waals surface area (Å²) in [7, 11) is 0. The second-order valence-electron chi connectivity index (χ2n) is 7.12. The standard InChI is InChI=1S/C19H21F3N2O4/c20-19(21,22)13-4-3-5-14(9-13)23-16(25)11-28-18(27)12-8-17(26)24(10-12)15-6-1-2-7-15/h3-5,9,12,15H,1-2,6-8,10-11H2,(H,23,25)/t12-/m1/s1. The van der Waals surface area contributed by atoms with Crippen molar-refractivity contribution in [3.8, 4) is 0 Å². The van der Waals surface area contributed by atoms with Gasteiger partial charge in [0.1, 0.15) is 0 Å². The fraction of sp³-hybridized carbons (Fsp3) is 0.526. The van der Waals surface area contributed by atoms with Crippen molar-refractivity contribution < 1.29 is 32.3 Å². The molecule has 0 aromatic heterocycles. The van der Waals surface area contributed by atoms with E-state index in [4.69, 9.17) is 4.74 Å². The molecule has 1 aromatic rings. The van der Waals surface area contributed by atoms with Crippen molar-refractivity contribution in [1.29, 1.82) is 0 Å². The molecule has 1 heterocycles. The Morgan fingerprint density at radius 3 is 2.61 bits per heavy atom. The maximum atomic E-state index is 12.7. The predicted molar refractivity (Wildman–Crippen MR) is 93.1 cm³/mol. The number of nitrogens with one attached hydrogen (secondary N) is 1. The highest BCUT2D eigenvalue weighted by Gasteiger charge is 2.39. The van der Waals surface area contributed by atoms with Gasteiger partial charge in [-0.1, -0.05) is 18.9 Å². The molecule has 1 aliphatic carbocycles. The number of nitrogens with zero attached hydrogens (tertiary/aromatic N) is 1. The second kappa shape index (κ2) is 8.20. The van der Waals surface area contributed by atoms with Crippen LogP contribution >= 0.6 is 0 Å². The van der Waals surface area contributed by atoms with Crippen LogP contribution in [-0.4, -0.2) is 41.9 Å². The number of carbonyl (C=O) groups is 3. The average Bonchev–Trinajstić information content (AvgIpc) is 3.28. The van der Waals surface area contributed by atoms with Gasteiger partial charge >= 0.3 is 12.1 Å². The summed E-state index contributed by atoms with van der Waals surface area (Å²) in [6, 6.07) is 4.35. The molecule has 3 rings (SSSR count). The van der Waals surface area contributed by atoms with Crippen LogP contribution in [0.25, 0.3) is 0 Å². The monoisotopic (exact) mass is 398 g/mol. The number of anilines is 1. The van der Waals surface area contributed by atoms with E-state index in [1.807, 2.05) is 0 Å². The van der Waals surface area contributed by atoms with E-state index < -0.39 is 36.1 Å². The van der Waals surface area contributed by atoms with Crippen LogP contribution in [0.15, 0.2) is 24.3 Å². The number of esters is 1. The maximum Gasteiger partial charge on any atom is 0.416 e. The molecule has 1 saturated carbocycles. The Hall–Kier alpha value is -2.58. The number of halogens is 3. The predicted octanol–water partition coefficient (Wildman–Crippen LogP) is 2.98. The molecule has 9 heteroatoms. The van der Waals surface area contributed by atoms with Gasteiger partial charge in [-0.15, -0.1) is 0 Å². The van der Waals surface area contributed by atoms with Crippen LogP contribution in [-0.2, 0) is 25.3 Å². The zero-order valence-corrected chi connectivity index (χ0v) is 15.1. The number of ether oxygens (including phenoxy) is 1. The number of benzene rings is 1. The second-order valence-corrected chi connectivity index (χ2v) is 7.12. The first-order chi connectivity index (χ1) is 13.2. The Labute approximate surface area is 160 Å². The Kier molecular flexibility index (Phi) is 5.90. The molecule has 1 atom stereocenters. The highest BCUT2D eigenvalue weighted by Crippen LogP contribution is 2.31.